The molecular weight excluding hydrogens is 338 g/mol. The van der Waals surface area contributed by atoms with Gasteiger partial charge in [-0.05, 0) is 60.7 Å². The number of anilines is 1. The number of halogens is 2. The number of aromatic hydroxyl groups is 1. The number of hydrogen-bond acceptors (Lipinski definition) is 2. The summed E-state index contributed by atoms with van der Waals surface area (Å²) in [5.41, 5.74) is 3.45. The van der Waals surface area contributed by atoms with E-state index in [9.17, 15) is 5.11 Å². The van der Waals surface area contributed by atoms with Crippen molar-refractivity contribution < 1.29 is 5.11 Å². The van der Waals surface area contributed by atoms with Gasteiger partial charge in [0, 0.05) is 16.8 Å². The van der Waals surface area contributed by atoms with Crippen LogP contribution in [-0.2, 0) is 12.8 Å². The summed E-state index contributed by atoms with van der Waals surface area (Å²) in [4.78, 5) is 0. The Balaban J connectivity index is 0.00000147. The average molecular weight is 355 g/mol. The fraction of sp³-hybridized carbons (Fsp3) is 0.250. The molecule has 20 heavy (non-hydrogen) atoms. The van der Waals surface area contributed by atoms with Gasteiger partial charge in [0.2, 0.25) is 0 Å². The normalized spacial score (nSPS) is 16.9. The van der Waals surface area contributed by atoms with Gasteiger partial charge in [-0.15, -0.1) is 17.0 Å². The smallest absolute Gasteiger partial charge is 0.119 e. The maximum absolute atomic E-state index is 9.83. The van der Waals surface area contributed by atoms with E-state index in [1.54, 1.807) is 6.07 Å². The Hall–Kier alpha value is -1.19. The molecule has 2 nitrogen and oxygen atoms in total. The summed E-state index contributed by atoms with van der Waals surface area (Å²) in [6, 6.07) is 14.0. The van der Waals surface area contributed by atoms with E-state index in [2.05, 4.69) is 11.4 Å². The van der Waals surface area contributed by atoms with Crippen LogP contribution in [0.15, 0.2) is 42.5 Å². The molecule has 0 saturated carbocycles. The minimum atomic E-state index is 0. The lowest BCUT2D eigenvalue weighted by Crippen LogP contribution is -2.27. The van der Waals surface area contributed by atoms with Crippen molar-refractivity contribution in [1.82, 2.24) is 0 Å². The largest absolute Gasteiger partial charge is 0.508 e. The van der Waals surface area contributed by atoms with Gasteiger partial charge in [0.15, 0.2) is 0 Å². The lowest BCUT2D eigenvalue weighted by atomic mass is 9.87. The van der Waals surface area contributed by atoms with E-state index in [4.69, 9.17) is 11.6 Å². The van der Waals surface area contributed by atoms with Crippen LogP contribution in [-0.4, -0.2) is 11.1 Å². The van der Waals surface area contributed by atoms with Gasteiger partial charge in [-0.3, -0.25) is 0 Å². The molecule has 0 saturated heterocycles. The van der Waals surface area contributed by atoms with Crippen LogP contribution in [0.1, 0.15) is 17.5 Å². The van der Waals surface area contributed by atoms with E-state index in [1.807, 2.05) is 30.3 Å². The average Bonchev–Trinajstić information content (AvgIpc) is 2.42. The van der Waals surface area contributed by atoms with Crippen LogP contribution in [0.3, 0.4) is 0 Å². The van der Waals surface area contributed by atoms with Crippen molar-refractivity contribution in [1.29, 1.82) is 0 Å². The van der Waals surface area contributed by atoms with E-state index >= 15 is 0 Å². The van der Waals surface area contributed by atoms with Crippen molar-refractivity contribution in [2.24, 2.45) is 0 Å². The van der Waals surface area contributed by atoms with Gasteiger partial charge >= 0.3 is 0 Å². The van der Waals surface area contributed by atoms with E-state index in [0.29, 0.717) is 11.8 Å². The highest BCUT2D eigenvalue weighted by Gasteiger charge is 2.20. The van der Waals surface area contributed by atoms with Gasteiger partial charge in [-0.2, -0.15) is 0 Å². The highest BCUT2D eigenvalue weighted by atomic mass is 79.9. The Morgan fingerprint density at radius 1 is 1.10 bits per heavy atom. The maximum atomic E-state index is 9.83. The first-order valence-electron chi connectivity index (χ1n) is 6.54. The molecule has 2 N–H and O–H groups in total. The summed E-state index contributed by atoms with van der Waals surface area (Å²) >= 11 is 5.88. The predicted octanol–water partition coefficient (Wildman–Crippen LogP) is 4.59. The zero-order valence-corrected chi connectivity index (χ0v) is 13.4. The van der Waals surface area contributed by atoms with Crippen LogP contribution >= 0.6 is 28.6 Å². The Kier molecular flexibility index (Phi) is 4.95. The molecule has 1 unspecified atom stereocenters. The Morgan fingerprint density at radius 2 is 1.85 bits per heavy atom. The van der Waals surface area contributed by atoms with Gasteiger partial charge < -0.3 is 10.4 Å². The third-order valence-corrected chi connectivity index (χ3v) is 3.92. The monoisotopic (exact) mass is 353 g/mol. The zero-order chi connectivity index (χ0) is 13.2. The summed E-state index contributed by atoms with van der Waals surface area (Å²) in [5.74, 6) is 0.433. The topological polar surface area (TPSA) is 32.3 Å². The van der Waals surface area contributed by atoms with Crippen LogP contribution in [0.5, 0.6) is 5.75 Å². The van der Waals surface area contributed by atoms with Crippen LogP contribution in [0, 0.1) is 0 Å². The molecule has 0 aliphatic heterocycles. The Labute approximate surface area is 134 Å². The fourth-order valence-electron chi connectivity index (χ4n) is 2.69. The molecule has 2 aromatic carbocycles. The number of fused-ring (bicyclic) bond motifs is 1. The second kappa shape index (κ2) is 6.51. The predicted molar refractivity (Wildman–Crippen MR) is 89.3 cm³/mol. The summed E-state index contributed by atoms with van der Waals surface area (Å²) < 4.78 is 0. The van der Waals surface area contributed by atoms with Crippen molar-refractivity contribution >= 4 is 34.3 Å². The van der Waals surface area contributed by atoms with Crippen LogP contribution in [0.25, 0.3) is 0 Å². The second-order valence-electron chi connectivity index (χ2n) is 5.01. The minimum Gasteiger partial charge on any atom is -0.508 e. The molecule has 0 spiro atoms. The van der Waals surface area contributed by atoms with Crippen LogP contribution in [0.4, 0.5) is 5.69 Å². The van der Waals surface area contributed by atoms with E-state index in [1.165, 1.54) is 5.56 Å². The second-order valence-corrected chi connectivity index (χ2v) is 5.44. The molecule has 2 aromatic rings. The zero-order valence-electron chi connectivity index (χ0n) is 11.0. The molecule has 106 valence electrons. The molecule has 1 atom stereocenters. The van der Waals surface area contributed by atoms with Gasteiger partial charge in [0.05, 0.1) is 0 Å². The molecule has 0 fully saturated rings. The number of phenols is 1. The summed E-state index contributed by atoms with van der Waals surface area (Å²) in [7, 11) is 0. The number of nitrogens with one attached hydrogen (secondary N) is 1. The molecule has 0 radical (unpaired) electrons. The van der Waals surface area contributed by atoms with Crippen LogP contribution in [0.2, 0.25) is 5.02 Å². The first kappa shape index (κ1) is 15.2. The first-order chi connectivity index (χ1) is 9.22. The molecule has 4 heteroatoms. The minimum absolute atomic E-state index is 0. The lowest BCUT2D eigenvalue weighted by molar-refractivity contribution is 0.459. The Bertz CT molecular complexity index is 586. The van der Waals surface area contributed by atoms with Crippen molar-refractivity contribution in [3.05, 3.63) is 58.6 Å². The first-order valence-corrected chi connectivity index (χ1v) is 6.92. The molecular formula is C16H17BrClNO. The summed E-state index contributed by atoms with van der Waals surface area (Å²) in [6.45, 7) is 0. The highest BCUT2D eigenvalue weighted by Crippen LogP contribution is 2.30. The molecule has 0 aromatic heterocycles. The fourth-order valence-corrected chi connectivity index (χ4v) is 2.82. The number of rotatable bonds is 2. The highest BCUT2D eigenvalue weighted by molar-refractivity contribution is 8.93. The molecule has 3 rings (SSSR count). The van der Waals surface area contributed by atoms with Gasteiger partial charge in [0.25, 0.3) is 0 Å². The van der Waals surface area contributed by atoms with Gasteiger partial charge in [0.1, 0.15) is 5.75 Å². The summed E-state index contributed by atoms with van der Waals surface area (Å²) in [5, 5.41) is 14.1. The van der Waals surface area contributed by atoms with Crippen molar-refractivity contribution in [2.75, 3.05) is 5.32 Å². The standard InChI is InChI=1S/C16H16ClNO.BrH/c17-12-4-6-13(7-5-12)18-14-8-9-15-11(10-14)2-1-3-16(15)19;/h1-7,14,18-19H,8-10H2;1H. The van der Waals surface area contributed by atoms with Crippen molar-refractivity contribution in [3.63, 3.8) is 0 Å². The molecule has 1 aliphatic rings. The number of phenolic OH excluding ortho intramolecular Hbond substituents is 1. The Morgan fingerprint density at radius 3 is 2.60 bits per heavy atom. The van der Waals surface area contributed by atoms with E-state index < -0.39 is 0 Å². The summed E-state index contributed by atoms with van der Waals surface area (Å²) in [6.07, 6.45) is 2.91. The van der Waals surface area contributed by atoms with E-state index in [-0.39, 0.29) is 17.0 Å². The third-order valence-electron chi connectivity index (χ3n) is 3.67. The molecule has 0 bridgehead atoms. The van der Waals surface area contributed by atoms with E-state index in [0.717, 1.165) is 35.5 Å². The van der Waals surface area contributed by atoms with Gasteiger partial charge in [-0.1, -0.05) is 23.7 Å². The SMILES string of the molecule is Br.Oc1cccc2c1CCC(Nc1ccc(Cl)cc1)C2. The third kappa shape index (κ3) is 3.28. The molecule has 0 heterocycles. The van der Waals surface area contributed by atoms with Crippen molar-refractivity contribution in [2.45, 2.75) is 25.3 Å². The van der Waals surface area contributed by atoms with Crippen molar-refractivity contribution in [3.8, 4) is 5.75 Å². The number of hydrogen-bond donors (Lipinski definition) is 2. The lowest BCUT2D eigenvalue weighted by Gasteiger charge is -2.26. The van der Waals surface area contributed by atoms with Crippen LogP contribution < -0.4 is 5.32 Å². The number of benzene rings is 2. The molecule has 1 aliphatic carbocycles. The maximum Gasteiger partial charge on any atom is 0.119 e. The molecule has 0 amide bonds. The quantitative estimate of drug-likeness (QED) is 0.826. The van der Waals surface area contributed by atoms with Gasteiger partial charge in [-0.25, -0.2) is 0 Å².